The monoisotopic (exact) mass is 403 g/mol. The second-order valence-corrected chi connectivity index (χ2v) is 8.63. The van der Waals surface area contributed by atoms with Gasteiger partial charge in [0.1, 0.15) is 12.1 Å². The van der Waals surface area contributed by atoms with Crippen molar-refractivity contribution in [2.75, 3.05) is 62.2 Å². The van der Waals surface area contributed by atoms with Crippen LogP contribution in [0.25, 0.3) is 0 Å². The fourth-order valence-corrected chi connectivity index (χ4v) is 4.70. The summed E-state index contributed by atoms with van der Waals surface area (Å²) in [6, 6.07) is 0. The number of aliphatic hydroxyl groups is 1. The van der Waals surface area contributed by atoms with Gasteiger partial charge in [-0.05, 0) is 44.9 Å². The molecule has 8 nitrogen and oxygen atoms in total. The van der Waals surface area contributed by atoms with Gasteiger partial charge in [0.15, 0.2) is 0 Å². The third-order valence-electron chi connectivity index (χ3n) is 6.61. The van der Waals surface area contributed by atoms with Gasteiger partial charge in [0.25, 0.3) is 0 Å². The molecule has 3 fully saturated rings. The SMILES string of the molecule is CCC(CCC(O)N1CCNCC1)c1nc(N2CCCC2)nc(N2CCCC2)n1. The summed E-state index contributed by atoms with van der Waals surface area (Å²) < 4.78 is 0. The second kappa shape index (κ2) is 10.00. The summed E-state index contributed by atoms with van der Waals surface area (Å²) in [5.74, 6) is 2.89. The van der Waals surface area contributed by atoms with E-state index >= 15 is 0 Å². The number of anilines is 2. The summed E-state index contributed by atoms with van der Waals surface area (Å²) >= 11 is 0. The van der Waals surface area contributed by atoms with Crippen LogP contribution in [0, 0.1) is 0 Å². The van der Waals surface area contributed by atoms with Crippen LogP contribution in [0.5, 0.6) is 0 Å². The number of nitrogens with one attached hydrogen (secondary N) is 1. The molecule has 1 aromatic rings. The number of aromatic nitrogens is 3. The average Bonchev–Trinajstić information content (AvgIpc) is 3.49. The lowest BCUT2D eigenvalue weighted by Crippen LogP contribution is -2.48. The van der Waals surface area contributed by atoms with Crippen molar-refractivity contribution in [1.29, 1.82) is 0 Å². The Morgan fingerprint density at radius 2 is 1.38 bits per heavy atom. The van der Waals surface area contributed by atoms with Crippen LogP contribution < -0.4 is 15.1 Å². The number of hydrogen-bond donors (Lipinski definition) is 2. The number of hydrogen-bond acceptors (Lipinski definition) is 8. The average molecular weight is 404 g/mol. The molecule has 2 N–H and O–H groups in total. The first-order valence-electron chi connectivity index (χ1n) is 11.6. The Kier molecular flexibility index (Phi) is 7.15. The Hall–Kier alpha value is -1.51. The maximum absolute atomic E-state index is 10.6. The summed E-state index contributed by atoms with van der Waals surface area (Å²) in [6.07, 6.45) is 7.15. The van der Waals surface area contributed by atoms with E-state index in [1.807, 2.05) is 0 Å². The van der Waals surface area contributed by atoms with Gasteiger partial charge in [-0.3, -0.25) is 4.90 Å². The Morgan fingerprint density at radius 3 is 1.90 bits per heavy atom. The summed E-state index contributed by atoms with van der Waals surface area (Å²) in [6.45, 7) is 10.1. The minimum absolute atomic E-state index is 0.262. The molecule has 0 spiro atoms. The standard InChI is InChI=1S/C21H37N7O/c1-2-17(7-8-18(29)26-15-9-22-10-16-26)19-23-20(27-11-3-4-12-27)25-21(24-19)28-13-5-6-14-28/h17-18,22,29H,2-16H2,1H3. The number of piperazine rings is 1. The van der Waals surface area contributed by atoms with Crippen LogP contribution in [-0.4, -0.2) is 83.5 Å². The molecular formula is C21H37N7O. The molecule has 0 aromatic carbocycles. The van der Waals surface area contributed by atoms with E-state index in [9.17, 15) is 5.11 Å². The van der Waals surface area contributed by atoms with E-state index in [0.717, 1.165) is 89.3 Å². The molecule has 4 heterocycles. The van der Waals surface area contributed by atoms with E-state index in [1.165, 1.54) is 25.7 Å². The maximum atomic E-state index is 10.6. The van der Waals surface area contributed by atoms with E-state index < -0.39 is 0 Å². The molecule has 0 aliphatic carbocycles. The van der Waals surface area contributed by atoms with Gasteiger partial charge >= 0.3 is 0 Å². The predicted octanol–water partition coefficient (Wildman–Crippen LogP) is 1.57. The molecule has 3 aliphatic rings. The van der Waals surface area contributed by atoms with Crippen LogP contribution in [0.15, 0.2) is 0 Å². The lowest BCUT2D eigenvalue weighted by atomic mass is 9.98. The van der Waals surface area contributed by atoms with Crippen LogP contribution in [-0.2, 0) is 0 Å². The fraction of sp³-hybridized carbons (Fsp3) is 0.857. The van der Waals surface area contributed by atoms with Crippen molar-refractivity contribution in [1.82, 2.24) is 25.2 Å². The third-order valence-corrected chi connectivity index (χ3v) is 6.61. The van der Waals surface area contributed by atoms with E-state index in [0.29, 0.717) is 0 Å². The zero-order valence-corrected chi connectivity index (χ0v) is 17.9. The molecule has 3 saturated heterocycles. The highest BCUT2D eigenvalue weighted by Crippen LogP contribution is 2.28. The van der Waals surface area contributed by atoms with Gasteiger partial charge in [-0.1, -0.05) is 6.92 Å². The van der Waals surface area contributed by atoms with E-state index in [4.69, 9.17) is 15.0 Å². The van der Waals surface area contributed by atoms with Crippen LogP contribution in [0.2, 0.25) is 0 Å². The minimum Gasteiger partial charge on any atom is -0.378 e. The lowest BCUT2D eigenvalue weighted by molar-refractivity contribution is -0.0117. The van der Waals surface area contributed by atoms with Gasteiger partial charge in [-0.15, -0.1) is 0 Å². The van der Waals surface area contributed by atoms with Crippen LogP contribution in [0.4, 0.5) is 11.9 Å². The van der Waals surface area contributed by atoms with Gasteiger partial charge in [0.2, 0.25) is 11.9 Å². The topological polar surface area (TPSA) is 80.7 Å². The van der Waals surface area contributed by atoms with Crippen molar-refractivity contribution < 1.29 is 5.11 Å². The highest BCUT2D eigenvalue weighted by atomic mass is 16.3. The molecule has 1 aromatic heterocycles. The van der Waals surface area contributed by atoms with Crippen LogP contribution >= 0.6 is 0 Å². The first kappa shape index (κ1) is 20.8. The number of nitrogens with zero attached hydrogens (tertiary/aromatic N) is 6. The highest BCUT2D eigenvalue weighted by Gasteiger charge is 2.25. The molecule has 4 rings (SSSR count). The van der Waals surface area contributed by atoms with Crippen LogP contribution in [0.3, 0.4) is 0 Å². The first-order chi connectivity index (χ1) is 14.2. The summed E-state index contributed by atoms with van der Waals surface area (Å²) in [5, 5.41) is 14.0. The van der Waals surface area contributed by atoms with Crippen molar-refractivity contribution in [3.8, 4) is 0 Å². The summed E-state index contributed by atoms with van der Waals surface area (Å²) in [7, 11) is 0. The molecule has 2 unspecified atom stereocenters. The molecule has 8 heteroatoms. The Morgan fingerprint density at radius 1 is 0.828 bits per heavy atom. The summed E-state index contributed by atoms with van der Waals surface area (Å²) in [4.78, 5) is 21.5. The molecule has 29 heavy (non-hydrogen) atoms. The van der Waals surface area contributed by atoms with Gasteiger partial charge in [-0.2, -0.15) is 15.0 Å². The van der Waals surface area contributed by atoms with Crippen molar-refractivity contribution in [3.05, 3.63) is 5.82 Å². The largest absolute Gasteiger partial charge is 0.378 e. The Bertz CT molecular complexity index is 606. The number of aliphatic hydroxyl groups excluding tert-OH is 1. The van der Waals surface area contributed by atoms with Crippen molar-refractivity contribution in [3.63, 3.8) is 0 Å². The molecule has 0 radical (unpaired) electrons. The maximum Gasteiger partial charge on any atom is 0.230 e. The van der Waals surface area contributed by atoms with Crippen molar-refractivity contribution in [2.24, 2.45) is 0 Å². The van der Waals surface area contributed by atoms with Crippen molar-refractivity contribution >= 4 is 11.9 Å². The first-order valence-corrected chi connectivity index (χ1v) is 11.6. The van der Waals surface area contributed by atoms with E-state index in [-0.39, 0.29) is 12.1 Å². The molecule has 0 amide bonds. The summed E-state index contributed by atoms with van der Waals surface area (Å²) in [5.41, 5.74) is 0. The zero-order chi connectivity index (χ0) is 20.1. The predicted molar refractivity (Wildman–Crippen MR) is 115 cm³/mol. The van der Waals surface area contributed by atoms with Gasteiger partial charge in [0.05, 0.1) is 0 Å². The number of rotatable bonds is 8. The Labute approximate surface area is 174 Å². The van der Waals surface area contributed by atoms with E-state index in [2.05, 4.69) is 26.9 Å². The van der Waals surface area contributed by atoms with Crippen LogP contribution in [0.1, 0.15) is 63.6 Å². The lowest BCUT2D eigenvalue weighted by Gasteiger charge is -2.32. The highest BCUT2D eigenvalue weighted by molar-refractivity contribution is 5.41. The zero-order valence-electron chi connectivity index (χ0n) is 17.9. The van der Waals surface area contributed by atoms with Gasteiger partial charge in [-0.25, -0.2) is 0 Å². The fourth-order valence-electron chi connectivity index (χ4n) is 4.70. The smallest absolute Gasteiger partial charge is 0.230 e. The quantitative estimate of drug-likeness (QED) is 0.677. The Balaban J connectivity index is 1.48. The normalized spacial score (nSPS) is 23.0. The van der Waals surface area contributed by atoms with Crippen molar-refractivity contribution in [2.45, 2.75) is 64.0 Å². The third kappa shape index (κ3) is 5.16. The minimum atomic E-state index is -0.371. The molecule has 3 aliphatic heterocycles. The molecule has 162 valence electrons. The second-order valence-electron chi connectivity index (χ2n) is 8.63. The molecule has 0 saturated carbocycles. The molecule has 2 atom stereocenters. The molecule has 0 bridgehead atoms. The van der Waals surface area contributed by atoms with Gasteiger partial charge in [0, 0.05) is 58.3 Å². The van der Waals surface area contributed by atoms with E-state index in [1.54, 1.807) is 0 Å². The van der Waals surface area contributed by atoms with Gasteiger partial charge < -0.3 is 20.2 Å². The molecular weight excluding hydrogens is 366 g/mol.